The summed E-state index contributed by atoms with van der Waals surface area (Å²) in [7, 11) is 1.41. The van der Waals surface area contributed by atoms with Gasteiger partial charge in [0.05, 0.1) is 7.11 Å². The Morgan fingerprint density at radius 1 is 1.38 bits per heavy atom. The molecule has 1 atom stereocenters. The molecule has 0 spiro atoms. The van der Waals surface area contributed by atoms with Gasteiger partial charge in [-0.3, -0.25) is 4.79 Å². The number of aromatic nitrogens is 2. The van der Waals surface area contributed by atoms with Crippen LogP contribution in [0.4, 0.5) is 0 Å². The summed E-state index contributed by atoms with van der Waals surface area (Å²) in [6.45, 7) is 8.14. The van der Waals surface area contributed by atoms with Crippen molar-refractivity contribution in [3.63, 3.8) is 0 Å². The van der Waals surface area contributed by atoms with E-state index in [0.29, 0.717) is 11.7 Å². The van der Waals surface area contributed by atoms with Crippen LogP contribution >= 0.6 is 0 Å². The first-order valence-corrected chi connectivity index (χ1v) is 5.60. The second-order valence-corrected chi connectivity index (χ2v) is 4.62. The Labute approximate surface area is 96.4 Å². The molecule has 1 N–H and O–H groups in total. The summed E-state index contributed by atoms with van der Waals surface area (Å²) in [4.78, 5) is 19.1. The zero-order valence-corrected chi connectivity index (χ0v) is 10.6. The Hall–Kier alpha value is -1.32. The molecule has 1 unspecified atom stereocenters. The molecule has 0 bridgehead atoms. The van der Waals surface area contributed by atoms with Crippen molar-refractivity contribution in [1.82, 2.24) is 9.97 Å². The van der Waals surface area contributed by atoms with Crippen molar-refractivity contribution in [3.8, 4) is 0 Å². The van der Waals surface area contributed by atoms with Crippen LogP contribution < -0.4 is 0 Å². The van der Waals surface area contributed by atoms with E-state index in [9.17, 15) is 4.79 Å². The third kappa shape index (κ3) is 2.62. The quantitative estimate of drug-likeness (QED) is 0.799. The van der Waals surface area contributed by atoms with Crippen molar-refractivity contribution >= 4 is 5.97 Å². The van der Waals surface area contributed by atoms with Gasteiger partial charge in [-0.25, -0.2) is 4.98 Å². The van der Waals surface area contributed by atoms with Crippen LogP contribution in [-0.4, -0.2) is 23.0 Å². The summed E-state index contributed by atoms with van der Waals surface area (Å²) >= 11 is 0. The van der Waals surface area contributed by atoms with Crippen molar-refractivity contribution in [2.45, 2.75) is 39.5 Å². The molecule has 0 amide bonds. The van der Waals surface area contributed by atoms with E-state index in [1.54, 1.807) is 6.20 Å². The topological polar surface area (TPSA) is 55.0 Å². The Balaban J connectivity index is 2.97. The molecule has 1 heterocycles. The van der Waals surface area contributed by atoms with Crippen LogP contribution in [-0.2, 0) is 9.53 Å². The van der Waals surface area contributed by atoms with E-state index in [0.717, 1.165) is 5.69 Å². The number of carbonyl (C=O) groups is 1. The predicted molar refractivity (Wildman–Crippen MR) is 62.3 cm³/mol. The molecule has 0 aromatic carbocycles. The molecule has 4 nitrogen and oxygen atoms in total. The highest BCUT2D eigenvalue weighted by Crippen LogP contribution is 2.24. The maximum atomic E-state index is 11.7. The minimum Gasteiger partial charge on any atom is -0.468 e. The Kier molecular flexibility index (Phi) is 4.10. The predicted octanol–water partition coefficient (Wildman–Crippen LogP) is 2.45. The molecule has 0 saturated carbocycles. The van der Waals surface area contributed by atoms with Crippen LogP contribution in [0.2, 0.25) is 0 Å². The smallest absolute Gasteiger partial charge is 0.316 e. The van der Waals surface area contributed by atoms with Gasteiger partial charge in [-0.15, -0.1) is 0 Å². The maximum Gasteiger partial charge on any atom is 0.316 e. The van der Waals surface area contributed by atoms with Crippen molar-refractivity contribution in [2.24, 2.45) is 5.92 Å². The Morgan fingerprint density at radius 2 is 2.00 bits per heavy atom. The lowest BCUT2D eigenvalue weighted by Gasteiger charge is -2.15. The van der Waals surface area contributed by atoms with Gasteiger partial charge < -0.3 is 9.72 Å². The molecular weight excluding hydrogens is 204 g/mol. The number of methoxy groups -OCH3 is 1. The second-order valence-electron chi connectivity index (χ2n) is 4.62. The Morgan fingerprint density at radius 3 is 2.38 bits per heavy atom. The molecular formula is C12H20N2O2. The minimum absolute atomic E-state index is 0.165. The van der Waals surface area contributed by atoms with E-state index in [-0.39, 0.29) is 17.8 Å². The van der Waals surface area contributed by atoms with Crippen molar-refractivity contribution in [1.29, 1.82) is 0 Å². The first-order chi connectivity index (χ1) is 7.47. The lowest BCUT2D eigenvalue weighted by atomic mass is 9.95. The third-order valence-corrected chi connectivity index (χ3v) is 2.65. The van der Waals surface area contributed by atoms with Gasteiger partial charge in [0.1, 0.15) is 11.7 Å². The number of imidazole rings is 1. The zero-order valence-electron chi connectivity index (χ0n) is 10.6. The number of hydrogen-bond acceptors (Lipinski definition) is 3. The fraction of sp³-hybridized carbons (Fsp3) is 0.667. The van der Waals surface area contributed by atoms with Crippen LogP contribution in [0.3, 0.4) is 0 Å². The number of rotatable bonds is 4. The summed E-state index contributed by atoms with van der Waals surface area (Å²) in [5.74, 6) is 0.702. The molecule has 1 rings (SSSR count). The molecule has 0 aliphatic heterocycles. The average molecular weight is 224 g/mol. The first kappa shape index (κ1) is 12.7. The van der Waals surface area contributed by atoms with Gasteiger partial charge in [0.25, 0.3) is 0 Å². The van der Waals surface area contributed by atoms with Gasteiger partial charge >= 0.3 is 5.97 Å². The number of H-pyrrole nitrogens is 1. The van der Waals surface area contributed by atoms with Crippen LogP contribution in [0.5, 0.6) is 0 Å². The molecule has 1 aromatic rings. The second kappa shape index (κ2) is 5.14. The fourth-order valence-corrected chi connectivity index (χ4v) is 1.63. The van der Waals surface area contributed by atoms with Crippen LogP contribution in [0.1, 0.15) is 51.0 Å². The summed E-state index contributed by atoms with van der Waals surface area (Å²) in [6, 6.07) is 0. The highest BCUT2D eigenvalue weighted by atomic mass is 16.5. The van der Waals surface area contributed by atoms with Crippen molar-refractivity contribution in [3.05, 3.63) is 17.7 Å². The zero-order chi connectivity index (χ0) is 12.3. The molecule has 0 fully saturated rings. The third-order valence-electron chi connectivity index (χ3n) is 2.65. The number of nitrogens with one attached hydrogen (secondary N) is 1. The molecule has 0 saturated heterocycles. The number of ether oxygens (including phenoxy) is 1. The summed E-state index contributed by atoms with van der Waals surface area (Å²) in [6.07, 6.45) is 1.79. The lowest BCUT2D eigenvalue weighted by molar-refractivity contribution is -0.143. The lowest BCUT2D eigenvalue weighted by Crippen LogP contribution is -2.20. The molecule has 90 valence electrons. The number of hydrogen-bond donors (Lipinski definition) is 1. The monoisotopic (exact) mass is 224 g/mol. The van der Waals surface area contributed by atoms with Crippen molar-refractivity contribution in [2.75, 3.05) is 7.11 Å². The summed E-state index contributed by atoms with van der Waals surface area (Å²) in [5, 5.41) is 0. The van der Waals surface area contributed by atoms with E-state index in [1.807, 2.05) is 13.8 Å². The normalized spacial score (nSPS) is 13.2. The number of esters is 1. The molecule has 0 aliphatic carbocycles. The van der Waals surface area contributed by atoms with Crippen LogP contribution in [0, 0.1) is 5.92 Å². The highest BCUT2D eigenvalue weighted by molar-refractivity contribution is 5.77. The average Bonchev–Trinajstić information content (AvgIpc) is 2.66. The summed E-state index contributed by atoms with van der Waals surface area (Å²) in [5.41, 5.74) is 1.05. The van der Waals surface area contributed by atoms with E-state index in [4.69, 9.17) is 4.74 Å². The molecule has 0 aliphatic rings. The number of carbonyl (C=O) groups excluding carboxylic acids is 1. The largest absolute Gasteiger partial charge is 0.468 e. The van der Waals surface area contributed by atoms with Gasteiger partial charge in [-0.05, 0) is 11.8 Å². The minimum atomic E-state index is -0.308. The van der Waals surface area contributed by atoms with Gasteiger partial charge in [0, 0.05) is 11.9 Å². The summed E-state index contributed by atoms with van der Waals surface area (Å²) < 4.78 is 4.80. The number of nitrogens with zero attached hydrogens (tertiary/aromatic N) is 1. The molecule has 4 heteroatoms. The van der Waals surface area contributed by atoms with Gasteiger partial charge in [-0.1, -0.05) is 27.7 Å². The fourth-order valence-electron chi connectivity index (χ4n) is 1.63. The van der Waals surface area contributed by atoms with E-state index < -0.39 is 0 Å². The number of aromatic amines is 1. The SMILES string of the molecule is COC(=O)C(c1ncc(C(C)C)[nH]1)C(C)C. The highest BCUT2D eigenvalue weighted by Gasteiger charge is 2.27. The van der Waals surface area contributed by atoms with E-state index in [2.05, 4.69) is 23.8 Å². The Bertz CT molecular complexity index is 356. The standard InChI is InChI=1S/C12H20N2O2/c1-7(2)9-6-13-11(14-9)10(8(3)4)12(15)16-5/h6-8,10H,1-5H3,(H,13,14). The van der Waals surface area contributed by atoms with Crippen molar-refractivity contribution < 1.29 is 9.53 Å². The van der Waals surface area contributed by atoms with Gasteiger partial charge in [0.2, 0.25) is 0 Å². The molecule has 16 heavy (non-hydrogen) atoms. The molecule has 1 aromatic heterocycles. The van der Waals surface area contributed by atoms with E-state index in [1.165, 1.54) is 7.11 Å². The van der Waals surface area contributed by atoms with Crippen LogP contribution in [0.25, 0.3) is 0 Å². The maximum absolute atomic E-state index is 11.7. The van der Waals surface area contributed by atoms with E-state index >= 15 is 0 Å². The first-order valence-electron chi connectivity index (χ1n) is 5.60. The van der Waals surface area contributed by atoms with Gasteiger partial charge in [0.15, 0.2) is 0 Å². The molecule has 0 radical (unpaired) electrons. The van der Waals surface area contributed by atoms with Gasteiger partial charge in [-0.2, -0.15) is 0 Å². The van der Waals surface area contributed by atoms with Crippen LogP contribution in [0.15, 0.2) is 6.20 Å².